The molecule has 0 fully saturated rings. The molecule has 0 heterocycles. The van der Waals surface area contributed by atoms with E-state index in [9.17, 15) is 9.18 Å². The lowest BCUT2D eigenvalue weighted by Gasteiger charge is -2.22. The fourth-order valence-corrected chi connectivity index (χ4v) is 2.22. The van der Waals surface area contributed by atoms with Crippen LogP contribution in [0.5, 0.6) is 0 Å². The van der Waals surface area contributed by atoms with Gasteiger partial charge in [-0.2, -0.15) is 0 Å². The molecule has 120 valence electrons. The summed E-state index contributed by atoms with van der Waals surface area (Å²) in [5.74, 6) is -0.330. The molecule has 0 aromatic heterocycles. The number of benzene rings is 2. The van der Waals surface area contributed by atoms with Crippen molar-refractivity contribution in [3.8, 4) is 0 Å². The summed E-state index contributed by atoms with van der Waals surface area (Å²) in [6.07, 6.45) is 2.94. The Kier molecular flexibility index (Phi) is 5.16. The highest BCUT2D eigenvalue weighted by molar-refractivity contribution is 5.91. The van der Waals surface area contributed by atoms with Crippen molar-refractivity contribution in [3.63, 3.8) is 0 Å². The SMILES string of the molecule is CC(C)(C)c1ccccc1NC(=O)N/C=C/c1ccccc1F. The third-order valence-corrected chi connectivity index (χ3v) is 3.37. The summed E-state index contributed by atoms with van der Waals surface area (Å²) in [4.78, 5) is 12.0. The molecule has 2 aromatic rings. The molecule has 2 aromatic carbocycles. The summed E-state index contributed by atoms with van der Waals surface area (Å²) in [5.41, 5.74) is 2.15. The number of hydrogen-bond acceptors (Lipinski definition) is 1. The van der Waals surface area contributed by atoms with Crippen molar-refractivity contribution in [1.29, 1.82) is 0 Å². The van der Waals surface area contributed by atoms with Gasteiger partial charge < -0.3 is 10.6 Å². The van der Waals surface area contributed by atoms with Gasteiger partial charge in [-0.1, -0.05) is 57.2 Å². The number of nitrogens with one attached hydrogen (secondary N) is 2. The van der Waals surface area contributed by atoms with Crippen LogP contribution in [0.15, 0.2) is 54.7 Å². The topological polar surface area (TPSA) is 41.1 Å². The Hall–Kier alpha value is -2.62. The number of carbonyl (C=O) groups is 1. The van der Waals surface area contributed by atoms with Crippen molar-refractivity contribution in [3.05, 3.63) is 71.7 Å². The minimum Gasteiger partial charge on any atom is -0.314 e. The van der Waals surface area contributed by atoms with Gasteiger partial charge in [0.2, 0.25) is 0 Å². The number of para-hydroxylation sites is 1. The minimum absolute atomic E-state index is 0.0765. The number of anilines is 1. The first-order valence-electron chi connectivity index (χ1n) is 7.46. The summed E-state index contributed by atoms with van der Waals surface area (Å²) in [6, 6.07) is 13.7. The second-order valence-corrected chi connectivity index (χ2v) is 6.25. The van der Waals surface area contributed by atoms with Crippen molar-refractivity contribution < 1.29 is 9.18 Å². The van der Waals surface area contributed by atoms with Crippen LogP contribution in [0.25, 0.3) is 6.08 Å². The van der Waals surface area contributed by atoms with E-state index in [-0.39, 0.29) is 17.3 Å². The predicted octanol–water partition coefficient (Wildman–Crippen LogP) is 4.92. The number of carbonyl (C=O) groups excluding carboxylic acids is 1. The summed E-state index contributed by atoms with van der Waals surface area (Å²) in [6.45, 7) is 6.26. The zero-order valence-electron chi connectivity index (χ0n) is 13.6. The van der Waals surface area contributed by atoms with Crippen LogP contribution < -0.4 is 10.6 Å². The minimum atomic E-state index is -0.366. The zero-order chi connectivity index (χ0) is 16.9. The van der Waals surface area contributed by atoms with E-state index in [1.165, 1.54) is 18.3 Å². The maximum Gasteiger partial charge on any atom is 0.323 e. The highest BCUT2D eigenvalue weighted by Crippen LogP contribution is 2.29. The third-order valence-electron chi connectivity index (χ3n) is 3.37. The lowest BCUT2D eigenvalue weighted by atomic mass is 9.86. The van der Waals surface area contributed by atoms with Gasteiger partial charge >= 0.3 is 6.03 Å². The van der Waals surface area contributed by atoms with Crippen molar-refractivity contribution >= 4 is 17.8 Å². The number of halogens is 1. The molecule has 3 nitrogen and oxygen atoms in total. The summed E-state index contributed by atoms with van der Waals surface area (Å²) in [7, 11) is 0. The van der Waals surface area contributed by atoms with Crippen LogP contribution in [0.3, 0.4) is 0 Å². The predicted molar refractivity (Wildman–Crippen MR) is 92.7 cm³/mol. The lowest BCUT2D eigenvalue weighted by Crippen LogP contribution is -2.26. The largest absolute Gasteiger partial charge is 0.323 e. The third kappa shape index (κ3) is 4.68. The number of urea groups is 1. The normalized spacial score (nSPS) is 11.5. The van der Waals surface area contributed by atoms with E-state index >= 15 is 0 Å². The number of amides is 2. The Bertz CT molecular complexity index is 717. The zero-order valence-corrected chi connectivity index (χ0v) is 13.6. The van der Waals surface area contributed by atoms with Gasteiger partial charge in [-0.3, -0.25) is 0 Å². The summed E-state index contributed by atoms with van der Waals surface area (Å²) in [5, 5.41) is 5.41. The Labute approximate surface area is 136 Å². The molecule has 2 N–H and O–H groups in total. The molecular weight excluding hydrogens is 291 g/mol. The van der Waals surface area contributed by atoms with E-state index in [1.54, 1.807) is 18.2 Å². The summed E-state index contributed by atoms with van der Waals surface area (Å²) < 4.78 is 13.5. The molecule has 0 saturated heterocycles. The number of hydrogen-bond donors (Lipinski definition) is 2. The molecule has 2 amide bonds. The van der Waals surface area contributed by atoms with E-state index in [0.717, 1.165) is 11.3 Å². The first-order chi connectivity index (χ1) is 10.9. The van der Waals surface area contributed by atoms with Crippen LogP contribution in [-0.4, -0.2) is 6.03 Å². The monoisotopic (exact) mass is 312 g/mol. The first-order valence-corrected chi connectivity index (χ1v) is 7.46. The van der Waals surface area contributed by atoms with Gasteiger partial charge in [0, 0.05) is 17.5 Å². The van der Waals surface area contributed by atoms with E-state index in [4.69, 9.17) is 0 Å². The van der Waals surface area contributed by atoms with E-state index in [1.807, 2.05) is 24.3 Å². The molecule has 0 bridgehead atoms. The van der Waals surface area contributed by atoms with Gasteiger partial charge in [-0.25, -0.2) is 9.18 Å². The highest BCUT2D eigenvalue weighted by atomic mass is 19.1. The molecule has 0 aliphatic heterocycles. The van der Waals surface area contributed by atoms with Crippen LogP contribution in [0.1, 0.15) is 31.9 Å². The van der Waals surface area contributed by atoms with E-state index in [0.29, 0.717) is 5.56 Å². The van der Waals surface area contributed by atoms with Gasteiger partial charge in [-0.15, -0.1) is 0 Å². The molecular formula is C19H21FN2O. The fraction of sp³-hybridized carbons (Fsp3) is 0.211. The quantitative estimate of drug-likeness (QED) is 0.830. The molecule has 23 heavy (non-hydrogen) atoms. The van der Waals surface area contributed by atoms with Gasteiger partial charge in [-0.05, 0) is 29.2 Å². The van der Waals surface area contributed by atoms with Crippen molar-refractivity contribution in [2.24, 2.45) is 0 Å². The molecule has 0 unspecified atom stereocenters. The molecule has 4 heteroatoms. The van der Waals surface area contributed by atoms with Crippen LogP contribution >= 0.6 is 0 Å². The van der Waals surface area contributed by atoms with Gasteiger partial charge in [0.25, 0.3) is 0 Å². The molecule has 0 spiro atoms. The summed E-state index contributed by atoms with van der Waals surface area (Å²) >= 11 is 0. The van der Waals surface area contributed by atoms with Crippen LogP contribution in [0.2, 0.25) is 0 Å². The molecule has 0 saturated carbocycles. The van der Waals surface area contributed by atoms with Gasteiger partial charge in [0.05, 0.1) is 0 Å². The maximum atomic E-state index is 13.5. The van der Waals surface area contributed by atoms with Crippen molar-refractivity contribution in [2.45, 2.75) is 26.2 Å². The Morgan fingerprint density at radius 3 is 2.39 bits per heavy atom. The average Bonchev–Trinajstić information content (AvgIpc) is 2.49. The van der Waals surface area contributed by atoms with Crippen LogP contribution in [0, 0.1) is 5.82 Å². The Balaban J connectivity index is 2.03. The first kappa shape index (κ1) is 16.7. The van der Waals surface area contributed by atoms with Crippen LogP contribution in [0.4, 0.5) is 14.9 Å². The maximum absolute atomic E-state index is 13.5. The Morgan fingerprint density at radius 1 is 1.04 bits per heavy atom. The standard InChI is InChI=1S/C19H21FN2O/c1-19(2,3)15-9-5-7-11-17(15)22-18(23)21-13-12-14-8-4-6-10-16(14)20/h4-13H,1-3H3,(H2,21,22,23)/b13-12+. The van der Waals surface area contributed by atoms with Crippen LogP contribution in [-0.2, 0) is 5.41 Å². The lowest BCUT2D eigenvalue weighted by molar-refractivity contribution is 0.255. The van der Waals surface area contributed by atoms with Gasteiger partial charge in [0.15, 0.2) is 0 Å². The smallest absolute Gasteiger partial charge is 0.314 e. The highest BCUT2D eigenvalue weighted by Gasteiger charge is 2.18. The van der Waals surface area contributed by atoms with E-state index in [2.05, 4.69) is 31.4 Å². The average molecular weight is 312 g/mol. The second-order valence-electron chi connectivity index (χ2n) is 6.25. The molecule has 0 aliphatic carbocycles. The number of rotatable bonds is 3. The van der Waals surface area contributed by atoms with Gasteiger partial charge in [0.1, 0.15) is 5.82 Å². The fourth-order valence-electron chi connectivity index (χ4n) is 2.22. The van der Waals surface area contributed by atoms with Crippen molar-refractivity contribution in [2.75, 3.05) is 5.32 Å². The molecule has 0 aliphatic rings. The molecule has 0 atom stereocenters. The van der Waals surface area contributed by atoms with E-state index < -0.39 is 0 Å². The Morgan fingerprint density at radius 2 is 1.70 bits per heavy atom. The second kappa shape index (κ2) is 7.09. The van der Waals surface area contributed by atoms with Crippen molar-refractivity contribution in [1.82, 2.24) is 5.32 Å². The molecule has 0 radical (unpaired) electrons. The molecule has 2 rings (SSSR count).